The summed E-state index contributed by atoms with van der Waals surface area (Å²) in [5.41, 5.74) is 9.16. The third-order valence-electron chi connectivity index (χ3n) is 7.13. The average molecular weight is 577 g/mol. The van der Waals surface area contributed by atoms with E-state index in [0.29, 0.717) is 51.3 Å². The van der Waals surface area contributed by atoms with Crippen molar-refractivity contribution in [3.8, 4) is 34.4 Å². The fraction of sp³-hybridized carbons (Fsp3) is 0.176. The lowest BCUT2D eigenvalue weighted by Gasteiger charge is -2.17. The second-order valence-corrected chi connectivity index (χ2v) is 10.4. The van der Waals surface area contributed by atoms with Gasteiger partial charge in [0.05, 0.1) is 38.1 Å². The number of hydrogen-bond donors (Lipinski definition) is 1. The van der Waals surface area contributed by atoms with Crippen LogP contribution in [0.2, 0.25) is 0 Å². The number of nitrogens with two attached hydrogens (primary N) is 1. The van der Waals surface area contributed by atoms with Crippen LogP contribution in [0.25, 0.3) is 27.5 Å². The van der Waals surface area contributed by atoms with Gasteiger partial charge in [0.1, 0.15) is 34.0 Å². The Bertz CT molecular complexity index is 1960. The Morgan fingerprint density at radius 2 is 1.49 bits per heavy atom. The highest BCUT2D eigenvalue weighted by molar-refractivity contribution is 6.08. The molecule has 9 heteroatoms. The lowest BCUT2D eigenvalue weighted by molar-refractivity contribution is 0.230. The topological polar surface area (TPSA) is 103 Å². The lowest BCUT2D eigenvalue weighted by atomic mass is 10.1. The van der Waals surface area contributed by atoms with E-state index in [0.717, 1.165) is 17.1 Å². The SMILES string of the molecule is COc1ccc(Cn2c(=O)c3c(N)n(-c4ccc(Oc5ccccc5)cc4)nc3c3cc(OC)c(OC(C)C)cc32)cc1. The van der Waals surface area contributed by atoms with Crippen LogP contribution in [0.4, 0.5) is 5.82 Å². The van der Waals surface area contributed by atoms with Gasteiger partial charge >= 0.3 is 0 Å². The molecule has 0 saturated carbocycles. The molecule has 2 N–H and O–H groups in total. The minimum absolute atomic E-state index is 0.0967. The number of benzene rings is 4. The van der Waals surface area contributed by atoms with Gasteiger partial charge < -0.3 is 29.2 Å². The normalized spacial score (nSPS) is 11.3. The van der Waals surface area contributed by atoms with Crippen molar-refractivity contribution in [2.45, 2.75) is 26.5 Å². The number of ether oxygens (including phenoxy) is 4. The number of para-hydroxylation sites is 1. The van der Waals surface area contributed by atoms with E-state index >= 15 is 0 Å². The zero-order valence-electron chi connectivity index (χ0n) is 24.4. The van der Waals surface area contributed by atoms with Gasteiger partial charge in [0.2, 0.25) is 0 Å². The number of aromatic nitrogens is 3. The molecule has 0 radical (unpaired) electrons. The summed E-state index contributed by atoms with van der Waals surface area (Å²) in [6, 6.07) is 28.2. The number of nitrogens with zero attached hydrogens (tertiary/aromatic N) is 3. The van der Waals surface area contributed by atoms with Gasteiger partial charge in [0.15, 0.2) is 11.5 Å². The van der Waals surface area contributed by atoms with Gasteiger partial charge in [-0.15, -0.1) is 0 Å². The summed E-state index contributed by atoms with van der Waals surface area (Å²) in [4.78, 5) is 14.2. The Hall–Kier alpha value is -5.44. The van der Waals surface area contributed by atoms with Gasteiger partial charge in [-0.25, -0.2) is 4.68 Å². The van der Waals surface area contributed by atoms with Crippen LogP contribution in [-0.4, -0.2) is 34.7 Å². The molecule has 218 valence electrons. The molecule has 6 aromatic rings. The standard InChI is InChI=1S/C34H32N4O5/c1-21(2)42-30-19-28-27(18-29(30)41-4)32-31(34(39)37(28)20-22-10-14-24(40-3)15-11-22)33(35)38(36-32)23-12-16-26(17-13-23)43-25-8-6-5-7-9-25/h5-19,21H,20,35H2,1-4H3. The molecule has 0 aliphatic carbocycles. The zero-order valence-corrected chi connectivity index (χ0v) is 24.4. The maximum absolute atomic E-state index is 14.2. The number of pyridine rings is 1. The maximum atomic E-state index is 14.2. The number of nitrogen functional groups attached to an aromatic ring is 1. The van der Waals surface area contributed by atoms with Crippen LogP contribution in [0.3, 0.4) is 0 Å². The fourth-order valence-electron chi connectivity index (χ4n) is 5.09. The molecule has 0 aliphatic heterocycles. The van der Waals surface area contributed by atoms with E-state index in [-0.39, 0.29) is 17.5 Å². The van der Waals surface area contributed by atoms with Gasteiger partial charge in [0, 0.05) is 11.5 Å². The van der Waals surface area contributed by atoms with Crippen LogP contribution < -0.4 is 30.2 Å². The number of anilines is 1. The molecule has 2 heterocycles. The van der Waals surface area contributed by atoms with Gasteiger partial charge in [-0.05, 0) is 74.0 Å². The molecule has 6 rings (SSSR count). The van der Waals surface area contributed by atoms with Crippen molar-refractivity contribution in [2.75, 3.05) is 20.0 Å². The summed E-state index contributed by atoms with van der Waals surface area (Å²) in [6.07, 6.45) is -0.0967. The zero-order chi connectivity index (χ0) is 30.1. The Balaban J connectivity index is 1.52. The second-order valence-electron chi connectivity index (χ2n) is 10.4. The smallest absolute Gasteiger partial charge is 0.264 e. The summed E-state index contributed by atoms with van der Waals surface area (Å²) >= 11 is 0. The van der Waals surface area contributed by atoms with Gasteiger partial charge in [-0.1, -0.05) is 30.3 Å². The molecule has 0 aliphatic rings. The van der Waals surface area contributed by atoms with Crippen LogP contribution in [0.1, 0.15) is 19.4 Å². The van der Waals surface area contributed by atoms with Crippen molar-refractivity contribution < 1.29 is 18.9 Å². The van der Waals surface area contributed by atoms with Crippen LogP contribution >= 0.6 is 0 Å². The van der Waals surface area contributed by atoms with Gasteiger partial charge in [-0.3, -0.25) is 4.79 Å². The summed E-state index contributed by atoms with van der Waals surface area (Å²) in [6.45, 7) is 4.18. The number of hydrogen-bond acceptors (Lipinski definition) is 7. The summed E-state index contributed by atoms with van der Waals surface area (Å²) in [5, 5.41) is 5.88. The summed E-state index contributed by atoms with van der Waals surface area (Å²) in [7, 11) is 3.21. The Morgan fingerprint density at radius 3 is 2.14 bits per heavy atom. The predicted octanol–water partition coefficient (Wildman–Crippen LogP) is 6.57. The van der Waals surface area contributed by atoms with Crippen molar-refractivity contribution in [3.63, 3.8) is 0 Å². The molecule has 0 saturated heterocycles. The molecule has 9 nitrogen and oxygen atoms in total. The molecule has 0 atom stereocenters. The first-order chi connectivity index (χ1) is 20.9. The first-order valence-corrected chi connectivity index (χ1v) is 13.9. The Labute approximate surface area is 248 Å². The lowest BCUT2D eigenvalue weighted by Crippen LogP contribution is -2.22. The first kappa shape index (κ1) is 27.7. The molecule has 0 fully saturated rings. The minimum Gasteiger partial charge on any atom is -0.497 e. The number of rotatable bonds is 9. The monoisotopic (exact) mass is 576 g/mol. The largest absolute Gasteiger partial charge is 0.497 e. The number of fused-ring (bicyclic) bond motifs is 3. The van der Waals surface area contributed by atoms with Crippen LogP contribution in [0.15, 0.2) is 95.8 Å². The van der Waals surface area contributed by atoms with Crippen molar-refractivity contribution in [2.24, 2.45) is 0 Å². The van der Waals surface area contributed by atoms with Crippen LogP contribution in [-0.2, 0) is 6.54 Å². The van der Waals surface area contributed by atoms with Crippen molar-refractivity contribution >= 4 is 27.6 Å². The summed E-state index contributed by atoms with van der Waals surface area (Å²) in [5.74, 6) is 3.45. The first-order valence-electron chi connectivity index (χ1n) is 13.9. The van der Waals surface area contributed by atoms with E-state index in [1.54, 1.807) is 23.5 Å². The van der Waals surface area contributed by atoms with Gasteiger partial charge in [-0.2, -0.15) is 5.10 Å². The highest BCUT2D eigenvalue weighted by atomic mass is 16.5. The minimum atomic E-state index is -0.258. The van der Waals surface area contributed by atoms with Crippen LogP contribution in [0, 0.1) is 0 Å². The molecule has 2 aromatic heterocycles. The van der Waals surface area contributed by atoms with E-state index in [1.165, 1.54) is 0 Å². The van der Waals surface area contributed by atoms with E-state index in [9.17, 15) is 4.79 Å². The third kappa shape index (κ3) is 5.32. The van der Waals surface area contributed by atoms with E-state index < -0.39 is 0 Å². The Kier molecular flexibility index (Phi) is 7.38. The maximum Gasteiger partial charge on any atom is 0.264 e. The van der Waals surface area contributed by atoms with Gasteiger partial charge in [0.25, 0.3) is 5.56 Å². The average Bonchev–Trinajstić information content (AvgIpc) is 3.37. The number of methoxy groups -OCH3 is 2. The molecule has 0 bridgehead atoms. The predicted molar refractivity (Wildman–Crippen MR) is 168 cm³/mol. The molecule has 0 amide bonds. The molecule has 4 aromatic carbocycles. The van der Waals surface area contributed by atoms with Crippen molar-refractivity contribution in [1.29, 1.82) is 0 Å². The van der Waals surface area contributed by atoms with E-state index in [1.807, 2.05) is 105 Å². The van der Waals surface area contributed by atoms with Crippen molar-refractivity contribution in [3.05, 3.63) is 107 Å². The third-order valence-corrected chi connectivity index (χ3v) is 7.13. The second kappa shape index (κ2) is 11.4. The quantitative estimate of drug-likeness (QED) is 0.208. The molecule has 0 spiro atoms. The van der Waals surface area contributed by atoms with E-state index in [4.69, 9.17) is 29.8 Å². The highest BCUT2D eigenvalue weighted by Gasteiger charge is 2.22. The summed E-state index contributed by atoms with van der Waals surface area (Å²) < 4.78 is 26.3. The fourth-order valence-corrected chi connectivity index (χ4v) is 5.09. The van der Waals surface area contributed by atoms with Crippen LogP contribution in [0.5, 0.6) is 28.7 Å². The highest BCUT2D eigenvalue weighted by Crippen LogP contribution is 2.37. The van der Waals surface area contributed by atoms with E-state index in [2.05, 4.69) is 0 Å². The molecule has 0 unspecified atom stereocenters. The van der Waals surface area contributed by atoms with Crippen molar-refractivity contribution in [1.82, 2.24) is 14.3 Å². The Morgan fingerprint density at radius 1 is 0.814 bits per heavy atom. The molecule has 43 heavy (non-hydrogen) atoms. The molecular formula is C34H32N4O5. The molecular weight excluding hydrogens is 544 g/mol.